The van der Waals surface area contributed by atoms with Gasteiger partial charge in [0.25, 0.3) is 0 Å². The molecule has 2 aromatic heterocycles. The van der Waals surface area contributed by atoms with Gasteiger partial charge in [-0.2, -0.15) is 0 Å². The zero-order valence-electron chi connectivity index (χ0n) is 20.1. The predicted octanol–water partition coefficient (Wildman–Crippen LogP) is -4.33. The van der Waals surface area contributed by atoms with Crippen LogP contribution in [0.25, 0.3) is 11.6 Å². The quantitative estimate of drug-likeness (QED) is 0.288. The van der Waals surface area contributed by atoms with E-state index in [1.54, 1.807) is 0 Å². The monoisotopic (exact) mass is 519 g/mol. The van der Waals surface area contributed by atoms with E-state index >= 15 is 0 Å². The molecule has 0 spiro atoms. The molecule has 0 fully saturated rings. The number of aliphatic carboxylic acids is 4. The van der Waals surface area contributed by atoms with Crippen LogP contribution in [0.5, 0.6) is 0 Å². The minimum atomic E-state index is -1.08. The fraction of sp³-hybridized carbons (Fsp3) is 0.500. The van der Waals surface area contributed by atoms with E-state index < -0.39 is 23.9 Å². The smallest absolute Gasteiger partial charge is 0.550 e. The van der Waals surface area contributed by atoms with Crippen molar-refractivity contribution in [1.82, 2.24) is 9.13 Å². The molecule has 1 radical (unpaired) electrons. The Hall–Kier alpha value is -3.18. The summed E-state index contributed by atoms with van der Waals surface area (Å²) < 4.78 is 8.87. The average molecular weight is 520 g/mol. The third kappa shape index (κ3) is 21.8. The van der Waals surface area contributed by atoms with Crippen molar-refractivity contribution in [2.45, 2.75) is 54.6 Å². The number of hydrogen-bond acceptors (Lipinski definition) is 8. The molecule has 0 aliphatic rings. The maximum absolute atomic E-state index is 8.89. The van der Waals surface area contributed by atoms with Crippen LogP contribution in [0.1, 0.15) is 41.5 Å². The van der Waals surface area contributed by atoms with Crippen molar-refractivity contribution < 1.29 is 65.8 Å². The van der Waals surface area contributed by atoms with Crippen LogP contribution >= 0.6 is 0 Å². The molecule has 0 aliphatic carbocycles. The van der Waals surface area contributed by atoms with Gasteiger partial charge in [-0.3, -0.25) is 0 Å². The van der Waals surface area contributed by atoms with Crippen LogP contribution < -0.4 is 29.6 Å². The van der Waals surface area contributed by atoms with Crippen molar-refractivity contribution in [2.24, 2.45) is 14.1 Å². The second kappa shape index (κ2) is 20.7. The molecule has 33 heavy (non-hydrogen) atoms. The van der Waals surface area contributed by atoms with Gasteiger partial charge in [-0.1, -0.05) is 0 Å². The molecule has 13 heteroatoms. The zero-order valence-corrected chi connectivity index (χ0v) is 21.0. The fourth-order valence-electron chi connectivity index (χ4n) is 2.13. The first-order valence-electron chi connectivity index (χ1n) is 9.42. The van der Waals surface area contributed by atoms with E-state index in [-0.39, 0.29) is 17.1 Å². The summed E-state index contributed by atoms with van der Waals surface area (Å²) in [6.07, 6.45) is 8.46. The molecular weight excluding hydrogens is 488 g/mol. The molecule has 0 saturated heterocycles. The van der Waals surface area contributed by atoms with Crippen molar-refractivity contribution >= 4 is 23.9 Å². The average Bonchev–Trinajstić information content (AvgIpc) is 3.14. The Morgan fingerprint density at radius 3 is 1.00 bits per heavy atom. The minimum Gasteiger partial charge on any atom is -0.550 e. The van der Waals surface area contributed by atoms with Crippen molar-refractivity contribution in [2.75, 3.05) is 0 Å². The third-order valence-electron chi connectivity index (χ3n) is 3.03. The van der Waals surface area contributed by atoms with Gasteiger partial charge in [-0.25, -0.2) is 18.3 Å². The van der Waals surface area contributed by atoms with Crippen molar-refractivity contribution in [3.8, 4) is 11.6 Å². The number of carboxylic acids is 4. The SMILES string of the molecule is CC(=O)[O-].CC(=O)[O-].CC(=O)[O-].CC(=O)[O-].CCn1cc[n+](C)c1-c1n(CC)cc[n+]1C.[Cu+2]. The van der Waals surface area contributed by atoms with E-state index in [1.807, 2.05) is 0 Å². The fourth-order valence-corrected chi connectivity index (χ4v) is 2.13. The Balaban J connectivity index is -0.000000205. The van der Waals surface area contributed by atoms with Crippen LogP contribution in [0.4, 0.5) is 0 Å². The molecule has 0 atom stereocenters. The standard InChI is InChI=1S/C12H20N4.4C2H4O2.Cu/c1-5-15-9-7-13(3)11(15)12-14(4)8-10-16(12)6-2;4*1-2(3)4;/h7-10H,5-6H2,1-4H3;4*1H3,(H,3,4);/q+2;;;;;+2/p-4. The van der Waals surface area contributed by atoms with Gasteiger partial charge in [-0.05, 0) is 41.5 Å². The summed E-state index contributed by atoms with van der Waals surface area (Å²) in [4.78, 5) is 35.6. The number of hydrogen-bond donors (Lipinski definition) is 0. The number of aryl methyl sites for hydroxylation is 4. The molecule has 2 rings (SSSR count). The van der Waals surface area contributed by atoms with Gasteiger partial charge >= 0.3 is 28.7 Å². The van der Waals surface area contributed by atoms with Gasteiger partial charge in [0.1, 0.15) is 24.8 Å². The van der Waals surface area contributed by atoms with Gasteiger partial charge in [0.05, 0.1) is 27.2 Å². The van der Waals surface area contributed by atoms with Gasteiger partial charge in [-0.15, -0.1) is 0 Å². The van der Waals surface area contributed by atoms with E-state index in [0.717, 1.165) is 40.8 Å². The molecule has 0 aliphatic heterocycles. The Kier molecular flexibility index (Phi) is 23.3. The van der Waals surface area contributed by atoms with Crippen molar-refractivity contribution in [1.29, 1.82) is 0 Å². The summed E-state index contributed by atoms with van der Waals surface area (Å²) in [5.74, 6) is -1.84. The number of carboxylic acid groups (broad SMARTS) is 4. The molecule has 2 aromatic rings. The topological polar surface area (TPSA) is 178 Å². The molecule has 2 heterocycles. The van der Waals surface area contributed by atoms with Gasteiger partial charge in [0.2, 0.25) is 0 Å². The van der Waals surface area contributed by atoms with Crippen LogP contribution in [-0.2, 0) is 63.4 Å². The Labute approximate surface area is 204 Å². The molecule has 12 nitrogen and oxygen atoms in total. The van der Waals surface area contributed by atoms with Gasteiger partial charge < -0.3 is 39.6 Å². The maximum Gasteiger partial charge on any atom is 2.00 e. The van der Waals surface area contributed by atoms with E-state index in [2.05, 4.69) is 71.0 Å². The number of imidazole rings is 2. The molecule has 0 aromatic carbocycles. The number of carbonyl (C=O) groups is 4. The van der Waals surface area contributed by atoms with Gasteiger partial charge in [0.15, 0.2) is 0 Å². The second-order valence-corrected chi connectivity index (χ2v) is 6.00. The van der Waals surface area contributed by atoms with Crippen molar-refractivity contribution in [3.05, 3.63) is 24.8 Å². The Morgan fingerprint density at radius 2 is 0.848 bits per heavy atom. The molecular formula is C20H32CuN4O8. The Morgan fingerprint density at radius 1 is 0.667 bits per heavy atom. The predicted molar refractivity (Wildman–Crippen MR) is 104 cm³/mol. The summed E-state index contributed by atoms with van der Waals surface area (Å²) in [5.41, 5.74) is 0. The second-order valence-electron chi connectivity index (χ2n) is 6.00. The summed E-state index contributed by atoms with van der Waals surface area (Å²) in [6.45, 7) is 10.2. The number of carbonyl (C=O) groups excluding carboxylic acids is 4. The van der Waals surface area contributed by atoms with Crippen molar-refractivity contribution in [3.63, 3.8) is 0 Å². The molecule has 0 unspecified atom stereocenters. The first-order valence-corrected chi connectivity index (χ1v) is 9.42. The molecule has 0 N–H and O–H groups in total. The first-order chi connectivity index (χ1) is 14.6. The zero-order chi connectivity index (χ0) is 26.0. The summed E-state index contributed by atoms with van der Waals surface area (Å²) in [7, 11) is 4.18. The normalized spacial score (nSPS) is 8.36. The maximum atomic E-state index is 8.89. The molecule has 0 saturated carbocycles. The summed E-state index contributed by atoms with van der Waals surface area (Å²) in [6, 6.07) is 0. The summed E-state index contributed by atoms with van der Waals surface area (Å²) >= 11 is 0. The van der Waals surface area contributed by atoms with E-state index in [9.17, 15) is 0 Å². The number of rotatable bonds is 3. The first kappa shape index (κ1) is 37.2. The van der Waals surface area contributed by atoms with Crippen LogP contribution in [0.3, 0.4) is 0 Å². The Bertz CT molecular complexity index is 752. The minimum absolute atomic E-state index is 0. The molecule has 191 valence electrons. The van der Waals surface area contributed by atoms with Crippen LogP contribution in [0, 0.1) is 0 Å². The summed E-state index contributed by atoms with van der Waals surface area (Å²) in [5, 5.41) is 35.6. The number of aromatic nitrogens is 4. The number of nitrogens with zero attached hydrogens (tertiary/aromatic N) is 4. The van der Waals surface area contributed by atoms with Crippen LogP contribution in [0.15, 0.2) is 24.8 Å². The van der Waals surface area contributed by atoms with Crippen LogP contribution in [0.2, 0.25) is 0 Å². The molecule has 0 amide bonds. The van der Waals surface area contributed by atoms with E-state index in [1.165, 1.54) is 11.6 Å². The van der Waals surface area contributed by atoms with Crippen LogP contribution in [-0.4, -0.2) is 33.0 Å². The van der Waals surface area contributed by atoms with E-state index in [0.29, 0.717) is 0 Å². The largest absolute Gasteiger partial charge is 2.00 e. The molecule has 0 bridgehead atoms. The van der Waals surface area contributed by atoms with Gasteiger partial charge in [0, 0.05) is 23.9 Å². The van der Waals surface area contributed by atoms with E-state index in [4.69, 9.17) is 39.6 Å². The third-order valence-corrected chi connectivity index (χ3v) is 3.03.